The van der Waals surface area contributed by atoms with E-state index in [9.17, 15) is 14.4 Å². The summed E-state index contributed by atoms with van der Waals surface area (Å²) in [4.78, 5) is 47.4. The van der Waals surface area contributed by atoms with Crippen LogP contribution in [-0.2, 0) is 19.8 Å². The van der Waals surface area contributed by atoms with Gasteiger partial charge in [0.1, 0.15) is 5.75 Å². The van der Waals surface area contributed by atoms with Gasteiger partial charge in [-0.2, -0.15) is 0 Å². The molecule has 3 atom stereocenters. The number of pyridine rings is 1. The second kappa shape index (κ2) is 8.96. The average molecular weight is 448 g/mol. The lowest BCUT2D eigenvalue weighted by molar-refractivity contribution is -0.143. The second-order valence-corrected chi connectivity index (χ2v) is 9.42. The van der Waals surface area contributed by atoms with Crippen molar-refractivity contribution in [1.29, 1.82) is 0 Å². The summed E-state index contributed by atoms with van der Waals surface area (Å²) in [5.74, 6) is 0.747. The van der Waals surface area contributed by atoms with Crippen molar-refractivity contribution in [3.63, 3.8) is 0 Å². The van der Waals surface area contributed by atoms with E-state index in [1.807, 2.05) is 41.3 Å². The molecule has 0 unspecified atom stereocenters. The highest BCUT2D eigenvalue weighted by Crippen LogP contribution is 2.43. The summed E-state index contributed by atoms with van der Waals surface area (Å²) in [7, 11) is 0. The molecule has 1 aliphatic carbocycles. The van der Waals surface area contributed by atoms with Crippen LogP contribution in [0.15, 0.2) is 54.9 Å². The minimum Gasteiger partial charge on any atom is -0.492 e. The molecule has 1 aromatic carbocycles. The molecule has 2 aliphatic heterocycles. The van der Waals surface area contributed by atoms with Gasteiger partial charge in [-0.25, -0.2) is 0 Å². The first-order valence-electron chi connectivity index (χ1n) is 11.8. The van der Waals surface area contributed by atoms with Gasteiger partial charge in [0.2, 0.25) is 17.7 Å². The van der Waals surface area contributed by atoms with E-state index in [1.54, 1.807) is 18.5 Å². The molecule has 33 heavy (non-hydrogen) atoms. The number of ether oxygens (including phenoxy) is 1. The van der Waals surface area contributed by atoms with E-state index in [0.717, 1.165) is 24.9 Å². The maximum Gasteiger partial charge on any atom is 0.240 e. The molecule has 2 bridgehead atoms. The number of hydrogen-bond donors (Lipinski definition) is 0. The summed E-state index contributed by atoms with van der Waals surface area (Å²) in [5, 5.41) is 0. The number of amides is 3. The van der Waals surface area contributed by atoms with Crippen LogP contribution in [0.4, 0.5) is 0 Å². The lowest BCUT2D eigenvalue weighted by atomic mass is 9.75. The number of likely N-dealkylation sites (tertiary alicyclic amines) is 2. The Morgan fingerprint density at radius 1 is 1.12 bits per heavy atom. The third kappa shape index (κ3) is 4.12. The van der Waals surface area contributed by atoms with Crippen molar-refractivity contribution in [3.8, 4) is 5.75 Å². The number of rotatable bonds is 8. The lowest BCUT2D eigenvalue weighted by Gasteiger charge is -2.32. The first-order valence-corrected chi connectivity index (χ1v) is 11.8. The van der Waals surface area contributed by atoms with Crippen molar-refractivity contribution in [1.82, 2.24) is 14.8 Å². The summed E-state index contributed by atoms with van der Waals surface area (Å²) >= 11 is 0. The van der Waals surface area contributed by atoms with Crippen LogP contribution < -0.4 is 4.74 Å². The molecular formula is C26H29N3O4. The summed E-state index contributed by atoms with van der Waals surface area (Å²) in [6, 6.07) is 13.2. The predicted molar refractivity (Wildman–Crippen MR) is 121 cm³/mol. The van der Waals surface area contributed by atoms with Crippen molar-refractivity contribution in [2.75, 3.05) is 19.7 Å². The van der Waals surface area contributed by atoms with Gasteiger partial charge in [-0.05, 0) is 49.3 Å². The van der Waals surface area contributed by atoms with Gasteiger partial charge in [-0.15, -0.1) is 0 Å². The monoisotopic (exact) mass is 447 g/mol. The molecule has 3 heterocycles. The molecule has 172 valence electrons. The molecule has 2 aromatic rings. The summed E-state index contributed by atoms with van der Waals surface area (Å²) in [5.41, 5.74) is -0.378. The normalized spacial score (nSPS) is 26.3. The van der Waals surface area contributed by atoms with E-state index < -0.39 is 5.41 Å². The number of benzene rings is 1. The highest BCUT2D eigenvalue weighted by molar-refractivity contribution is 6.10. The molecule has 0 radical (unpaired) electrons. The summed E-state index contributed by atoms with van der Waals surface area (Å²) in [6.45, 7) is 1.43. The fourth-order valence-corrected chi connectivity index (χ4v) is 5.68. The van der Waals surface area contributed by atoms with Crippen molar-refractivity contribution < 1.29 is 19.1 Å². The Hall–Kier alpha value is -3.22. The molecular weight excluding hydrogens is 418 g/mol. The van der Waals surface area contributed by atoms with Crippen LogP contribution in [0, 0.1) is 5.92 Å². The van der Waals surface area contributed by atoms with Crippen LogP contribution in [0.2, 0.25) is 0 Å². The Morgan fingerprint density at radius 2 is 1.97 bits per heavy atom. The molecule has 3 amide bonds. The molecule has 1 saturated carbocycles. The fraction of sp³-hybridized carbons (Fsp3) is 0.462. The second-order valence-electron chi connectivity index (χ2n) is 9.42. The van der Waals surface area contributed by atoms with Crippen LogP contribution in [-0.4, -0.2) is 58.2 Å². The van der Waals surface area contributed by atoms with E-state index in [2.05, 4.69) is 4.98 Å². The van der Waals surface area contributed by atoms with Crippen molar-refractivity contribution in [2.24, 2.45) is 5.92 Å². The Balaban J connectivity index is 1.30. The highest BCUT2D eigenvalue weighted by atomic mass is 16.5. The first kappa shape index (κ1) is 21.6. The molecule has 0 N–H and O–H groups in total. The lowest BCUT2D eigenvalue weighted by Crippen LogP contribution is -2.45. The number of aromatic nitrogens is 1. The Kier molecular flexibility index (Phi) is 5.87. The standard InChI is InChI=1S/C26H29N3O4/c30-23-15-26(20-6-2-1-3-7-20,16-24(31)29-18-19-9-10-21(29)14-19)25(32)28(23)12-5-13-33-22-8-4-11-27-17-22/h1-4,6-8,11,17,19,21H,5,9-10,12-16,18H2/t19-,21-,26-/m1/s1. The number of hydrogen-bond acceptors (Lipinski definition) is 5. The van der Waals surface area contributed by atoms with E-state index in [0.29, 0.717) is 30.7 Å². The number of imide groups is 1. The molecule has 3 fully saturated rings. The largest absolute Gasteiger partial charge is 0.492 e. The predicted octanol–water partition coefficient (Wildman–Crippen LogP) is 2.95. The van der Waals surface area contributed by atoms with Crippen LogP contribution in [0.3, 0.4) is 0 Å². The smallest absolute Gasteiger partial charge is 0.240 e. The van der Waals surface area contributed by atoms with E-state index in [1.165, 1.54) is 11.3 Å². The zero-order valence-electron chi connectivity index (χ0n) is 18.7. The van der Waals surface area contributed by atoms with E-state index in [-0.39, 0.29) is 37.1 Å². The SMILES string of the molecule is O=C1C[C@@](CC(=O)N2C[C@@H]3CC[C@@H]2C3)(c2ccccc2)C(=O)N1CCCOc1cccnc1. The number of carbonyl (C=O) groups excluding carboxylic acids is 3. The van der Waals surface area contributed by atoms with Crippen LogP contribution >= 0.6 is 0 Å². The van der Waals surface area contributed by atoms with Crippen molar-refractivity contribution in [2.45, 2.75) is 50.0 Å². The number of carbonyl (C=O) groups is 3. The minimum absolute atomic E-state index is 0.00559. The van der Waals surface area contributed by atoms with Crippen LogP contribution in [0.5, 0.6) is 5.75 Å². The van der Waals surface area contributed by atoms with E-state index >= 15 is 0 Å². The third-order valence-corrected chi connectivity index (χ3v) is 7.35. The number of piperidine rings is 1. The quantitative estimate of drug-likeness (QED) is 0.459. The van der Waals surface area contributed by atoms with Gasteiger partial charge in [0.25, 0.3) is 0 Å². The minimum atomic E-state index is -1.12. The van der Waals surface area contributed by atoms with Gasteiger partial charge in [0.15, 0.2) is 0 Å². The number of nitrogens with zero attached hydrogens (tertiary/aromatic N) is 3. The first-order chi connectivity index (χ1) is 16.1. The van der Waals surface area contributed by atoms with Crippen molar-refractivity contribution >= 4 is 17.7 Å². The highest BCUT2D eigenvalue weighted by Gasteiger charge is 2.54. The maximum absolute atomic E-state index is 13.7. The topological polar surface area (TPSA) is 79.8 Å². The zero-order chi connectivity index (χ0) is 22.8. The Labute approximate surface area is 193 Å². The molecule has 5 rings (SSSR count). The van der Waals surface area contributed by atoms with Crippen LogP contribution in [0.25, 0.3) is 0 Å². The van der Waals surface area contributed by atoms with Gasteiger partial charge in [0, 0.05) is 38.2 Å². The third-order valence-electron chi connectivity index (χ3n) is 7.35. The average Bonchev–Trinajstić information content (AvgIpc) is 3.53. The molecule has 1 aromatic heterocycles. The molecule has 3 aliphatic rings. The van der Waals surface area contributed by atoms with Gasteiger partial charge >= 0.3 is 0 Å². The molecule has 0 spiro atoms. The van der Waals surface area contributed by atoms with Crippen molar-refractivity contribution in [3.05, 3.63) is 60.4 Å². The van der Waals surface area contributed by atoms with Gasteiger partial charge in [-0.3, -0.25) is 24.3 Å². The fourth-order valence-electron chi connectivity index (χ4n) is 5.68. The number of fused-ring (bicyclic) bond motifs is 2. The molecule has 2 saturated heterocycles. The summed E-state index contributed by atoms with van der Waals surface area (Å²) < 4.78 is 5.66. The molecule has 7 nitrogen and oxygen atoms in total. The summed E-state index contributed by atoms with van der Waals surface area (Å²) in [6.07, 6.45) is 7.20. The Morgan fingerprint density at radius 3 is 2.67 bits per heavy atom. The van der Waals surface area contributed by atoms with Gasteiger partial charge in [-0.1, -0.05) is 30.3 Å². The Bertz CT molecular complexity index is 1030. The van der Waals surface area contributed by atoms with Gasteiger partial charge < -0.3 is 9.64 Å². The van der Waals surface area contributed by atoms with Gasteiger partial charge in [0.05, 0.1) is 18.2 Å². The van der Waals surface area contributed by atoms with Crippen LogP contribution in [0.1, 0.15) is 44.1 Å². The zero-order valence-corrected chi connectivity index (χ0v) is 18.7. The van der Waals surface area contributed by atoms with E-state index in [4.69, 9.17) is 4.74 Å². The molecule has 7 heteroatoms. The maximum atomic E-state index is 13.7.